The van der Waals surface area contributed by atoms with E-state index in [9.17, 15) is 19.2 Å². The molecule has 0 radical (unpaired) electrons. The maximum atomic E-state index is 13.1. The third-order valence-corrected chi connectivity index (χ3v) is 5.96. The lowest BCUT2D eigenvalue weighted by molar-refractivity contribution is -0.122. The lowest BCUT2D eigenvalue weighted by atomic mass is 10.1. The Morgan fingerprint density at radius 3 is 2.38 bits per heavy atom. The zero-order valence-electron chi connectivity index (χ0n) is 19.2. The van der Waals surface area contributed by atoms with E-state index in [0.717, 1.165) is 4.90 Å². The van der Waals surface area contributed by atoms with E-state index in [1.807, 2.05) is 0 Å². The van der Waals surface area contributed by atoms with Gasteiger partial charge in [0.05, 0.1) is 18.4 Å². The molecule has 0 unspecified atom stereocenters. The number of urea groups is 1. The van der Waals surface area contributed by atoms with Crippen molar-refractivity contribution in [3.63, 3.8) is 0 Å². The van der Waals surface area contributed by atoms with E-state index in [4.69, 9.17) is 37.8 Å². The Hall–Kier alpha value is -4.34. The number of amides is 4. The Morgan fingerprint density at radius 2 is 1.73 bits per heavy atom. The van der Waals surface area contributed by atoms with Crippen LogP contribution in [0.1, 0.15) is 21.5 Å². The first kappa shape index (κ1) is 25.7. The summed E-state index contributed by atoms with van der Waals surface area (Å²) < 4.78 is 11.2. The zero-order chi connectivity index (χ0) is 26.7. The minimum atomic E-state index is -1.16. The van der Waals surface area contributed by atoms with Gasteiger partial charge in [0.25, 0.3) is 11.8 Å². The molecule has 3 aromatic carbocycles. The van der Waals surface area contributed by atoms with Crippen LogP contribution in [0.2, 0.25) is 10.0 Å². The monoisotopic (exact) mass is 540 g/mol. The van der Waals surface area contributed by atoms with E-state index < -0.39 is 23.8 Å². The number of aromatic carboxylic acids is 1. The topological polar surface area (TPSA) is 122 Å². The molecular weight excluding hydrogens is 523 g/mol. The van der Waals surface area contributed by atoms with Crippen LogP contribution in [-0.4, -0.2) is 36.0 Å². The van der Waals surface area contributed by atoms with Gasteiger partial charge in [0.1, 0.15) is 12.2 Å². The standard InChI is InChI=1S/C26H18Cl2N2O7/c1-36-22-11-14(2-9-21(22)37-13-16-3-6-17(27)12-20(16)28)10-19-23(31)29-26(35)30(24(19)32)18-7-4-15(5-8-18)25(33)34/h2-12H,13H2,1H3,(H,33,34)(H,29,31,35)/b19-10+. The number of halogens is 2. The van der Waals surface area contributed by atoms with Gasteiger partial charge in [-0.15, -0.1) is 0 Å². The zero-order valence-corrected chi connectivity index (χ0v) is 20.7. The highest BCUT2D eigenvalue weighted by Gasteiger charge is 2.36. The summed E-state index contributed by atoms with van der Waals surface area (Å²) in [6.45, 7) is 0.144. The fraction of sp³-hybridized carbons (Fsp3) is 0.0769. The van der Waals surface area contributed by atoms with E-state index in [0.29, 0.717) is 32.7 Å². The van der Waals surface area contributed by atoms with Crippen molar-refractivity contribution in [3.05, 3.63) is 93.0 Å². The number of carboxylic acids is 1. The molecule has 1 saturated heterocycles. The molecule has 1 aliphatic rings. The predicted octanol–water partition coefficient (Wildman–Crippen LogP) is 4.95. The number of barbiturate groups is 1. The molecule has 4 rings (SSSR count). The number of ether oxygens (including phenoxy) is 2. The molecule has 37 heavy (non-hydrogen) atoms. The van der Waals surface area contributed by atoms with E-state index in [2.05, 4.69) is 5.32 Å². The molecule has 3 aromatic rings. The first-order valence-electron chi connectivity index (χ1n) is 10.7. The summed E-state index contributed by atoms with van der Waals surface area (Å²) in [6, 6.07) is 14.0. The van der Waals surface area contributed by atoms with Crippen LogP contribution in [0.15, 0.2) is 66.2 Å². The van der Waals surface area contributed by atoms with Gasteiger partial charge in [-0.25, -0.2) is 14.5 Å². The number of imide groups is 2. The van der Waals surface area contributed by atoms with Gasteiger partial charge in [-0.05, 0) is 60.2 Å². The molecular formula is C26H18Cl2N2O7. The molecule has 0 bridgehead atoms. The SMILES string of the molecule is COc1cc(/C=C2\C(=O)NC(=O)N(c3ccc(C(=O)O)cc3)C2=O)ccc1OCc1ccc(Cl)cc1Cl. The summed E-state index contributed by atoms with van der Waals surface area (Å²) >= 11 is 12.1. The number of rotatable bonds is 7. The normalized spacial score (nSPS) is 14.5. The Bertz CT molecular complexity index is 1450. The number of nitrogens with zero attached hydrogens (tertiary/aromatic N) is 1. The van der Waals surface area contributed by atoms with Gasteiger partial charge in [0.15, 0.2) is 11.5 Å². The quantitative estimate of drug-likeness (QED) is 0.321. The molecule has 0 atom stereocenters. The van der Waals surface area contributed by atoms with Gasteiger partial charge in [0, 0.05) is 15.6 Å². The average molecular weight is 541 g/mol. The molecule has 2 N–H and O–H groups in total. The Kier molecular flexibility index (Phi) is 7.47. The second-order valence-corrected chi connectivity index (χ2v) is 8.59. The third kappa shape index (κ3) is 5.58. The van der Waals surface area contributed by atoms with Crippen molar-refractivity contribution in [3.8, 4) is 11.5 Å². The Balaban J connectivity index is 1.58. The molecule has 9 nitrogen and oxygen atoms in total. The van der Waals surface area contributed by atoms with Gasteiger partial charge in [-0.1, -0.05) is 35.3 Å². The summed E-state index contributed by atoms with van der Waals surface area (Å²) in [6.07, 6.45) is 1.31. The van der Waals surface area contributed by atoms with E-state index in [-0.39, 0.29) is 23.4 Å². The first-order chi connectivity index (χ1) is 17.7. The van der Waals surface area contributed by atoms with Crippen LogP contribution in [0.25, 0.3) is 6.08 Å². The van der Waals surface area contributed by atoms with E-state index in [1.165, 1.54) is 37.5 Å². The van der Waals surface area contributed by atoms with Crippen LogP contribution >= 0.6 is 23.2 Å². The minimum absolute atomic E-state index is 0.0202. The predicted molar refractivity (Wildman–Crippen MR) is 136 cm³/mol. The number of hydrogen-bond donors (Lipinski definition) is 2. The molecule has 4 amide bonds. The summed E-state index contributed by atoms with van der Waals surface area (Å²) in [5, 5.41) is 12.1. The number of carboxylic acid groups (broad SMARTS) is 1. The van der Waals surface area contributed by atoms with Gasteiger partial charge < -0.3 is 14.6 Å². The van der Waals surface area contributed by atoms with Crippen LogP contribution < -0.4 is 19.7 Å². The highest BCUT2D eigenvalue weighted by Crippen LogP contribution is 2.31. The Morgan fingerprint density at radius 1 is 1.00 bits per heavy atom. The molecule has 0 saturated carbocycles. The van der Waals surface area contributed by atoms with Crippen molar-refractivity contribution >= 4 is 58.8 Å². The summed E-state index contributed by atoms with van der Waals surface area (Å²) in [5.74, 6) is -2.17. The molecule has 11 heteroatoms. The van der Waals surface area contributed by atoms with Gasteiger partial charge in [-0.2, -0.15) is 0 Å². The number of methoxy groups -OCH3 is 1. The van der Waals surface area contributed by atoms with Crippen molar-refractivity contribution in [2.45, 2.75) is 6.61 Å². The summed E-state index contributed by atoms with van der Waals surface area (Å²) in [5.41, 5.74) is 0.930. The number of hydrogen-bond acceptors (Lipinski definition) is 6. The smallest absolute Gasteiger partial charge is 0.335 e. The van der Waals surface area contributed by atoms with Crippen molar-refractivity contribution in [1.29, 1.82) is 0 Å². The molecule has 0 aromatic heterocycles. The van der Waals surface area contributed by atoms with Crippen LogP contribution in [0.4, 0.5) is 10.5 Å². The number of carbonyl (C=O) groups excluding carboxylic acids is 3. The lowest BCUT2D eigenvalue weighted by Gasteiger charge is -2.26. The summed E-state index contributed by atoms with van der Waals surface area (Å²) in [7, 11) is 1.44. The third-order valence-electron chi connectivity index (χ3n) is 5.37. The van der Waals surface area contributed by atoms with Crippen LogP contribution in [0, 0.1) is 0 Å². The van der Waals surface area contributed by atoms with E-state index in [1.54, 1.807) is 36.4 Å². The Labute approximate surface area is 220 Å². The van der Waals surface area contributed by atoms with Crippen LogP contribution in [0.3, 0.4) is 0 Å². The number of carbonyl (C=O) groups is 4. The second kappa shape index (κ2) is 10.7. The molecule has 1 fully saturated rings. The van der Waals surface area contributed by atoms with E-state index >= 15 is 0 Å². The largest absolute Gasteiger partial charge is 0.493 e. The van der Waals surface area contributed by atoms with Crippen LogP contribution in [0.5, 0.6) is 11.5 Å². The van der Waals surface area contributed by atoms with Crippen molar-refractivity contribution in [2.24, 2.45) is 0 Å². The highest BCUT2D eigenvalue weighted by molar-refractivity contribution is 6.39. The maximum Gasteiger partial charge on any atom is 0.335 e. The fourth-order valence-electron chi connectivity index (χ4n) is 3.50. The van der Waals surface area contributed by atoms with Crippen molar-refractivity contribution in [1.82, 2.24) is 5.32 Å². The molecule has 188 valence electrons. The average Bonchev–Trinajstić information content (AvgIpc) is 2.86. The molecule has 0 aliphatic carbocycles. The maximum absolute atomic E-state index is 13.1. The van der Waals surface area contributed by atoms with Gasteiger partial charge in [0.2, 0.25) is 0 Å². The molecule has 1 heterocycles. The molecule has 0 spiro atoms. The summed E-state index contributed by atoms with van der Waals surface area (Å²) in [4.78, 5) is 49.8. The van der Waals surface area contributed by atoms with Gasteiger partial charge >= 0.3 is 12.0 Å². The van der Waals surface area contributed by atoms with Crippen molar-refractivity contribution < 1.29 is 33.8 Å². The molecule has 1 aliphatic heterocycles. The van der Waals surface area contributed by atoms with Crippen molar-refractivity contribution in [2.75, 3.05) is 12.0 Å². The second-order valence-electron chi connectivity index (χ2n) is 7.74. The minimum Gasteiger partial charge on any atom is -0.493 e. The fourth-order valence-corrected chi connectivity index (χ4v) is 3.96. The number of anilines is 1. The lowest BCUT2D eigenvalue weighted by Crippen LogP contribution is -2.54. The first-order valence-corrected chi connectivity index (χ1v) is 11.4. The van der Waals surface area contributed by atoms with Crippen LogP contribution in [-0.2, 0) is 16.2 Å². The number of benzene rings is 3. The van der Waals surface area contributed by atoms with Gasteiger partial charge in [-0.3, -0.25) is 14.9 Å². The number of nitrogens with one attached hydrogen (secondary N) is 1. The highest BCUT2D eigenvalue weighted by atomic mass is 35.5.